The van der Waals surface area contributed by atoms with Crippen LogP contribution in [0.5, 0.6) is 0 Å². The van der Waals surface area contributed by atoms with Gasteiger partial charge in [-0.1, -0.05) is 66.7 Å². The zero-order valence-corrected chi connectivity index (χ0v) is 15.0. The number of hydrogen-bond acceptors (Lipinski definition) is 1. The Morgan fingerprint density at radius 2 is 1.54 bits per heavy atom. The van der Waals surface area contributed by atoms with Crippen LogP contribution in [-0.4, -0.2) is 11.1 Å². The second-order valence-electron chi connectivity index (χ2n) is 6.62. The first-order valence-electron chi connectivity index (χ1n) is 8.89. The van der Waals surface area contributed by atoms with Gasteiger partial charge in [0.2, 0.25) is 0 Å². The normalized spacial score (nSPS) is 12.5. The monoisotopic (exact) mass is 384 g/mol. The molecule has 0 aliphatic heterocycles. The van der Waals surface area contributed by atoms with E-state index in [9.17, 15) is 23.1 Å². The van der Waals surface area contributed by atoms with E-state index in [1.807, 2.05) is 30.3 Å². The van der Waals surface area contributed by atoms with Gasteiger partial charge in [-0.25, -0.2) is 0 Å². The van der Waals surface area contributed by atoms with E-state index in [1.165, 1.54) is 12.1 Å². The summed E-state index contributed by atoms with van der Waals surface area (Å²) < 4.78 is 38.2. The van der Waals surface area contributed by atoms with Crippen molar-refractivity contribution in [3.05, 3.63) is 95.6 Å². The third-order valence-electron chi connectivity index (χ3n) is 4.70. The summed E-state index contributed by atoms with van der Waals surface area (Å²) in [5.74, 6) is -1.60. The quantitative estimate of drug-likeness (QED) is 0.551. The van der Waals surface area contributed by atoms with Crippen LogP contribution in [0.3, 0.4) is 0 Å². The molecule has 1 N–H and O–H groups in total. The van der Waals surface area contributed by atoms with E-state index >= 15 is 0 Å². The molecule has 0 radical (unpaired) electrons. The number of carbonyl (C=O) groups is 1. The van der Waals surface area contributed by atoms with Gasteiger partial charge in [-0.3, -0.25) is 4.79 Å². The summed E-state index contributed by atoms with van der Waals surface area (Å²) in [6.07, 6.45) is -3.32. The Bertz CT molecular complexity index is 932. The van der Waals surface area contributed by atoms with Crippen molar-refractivity contribution in [2.45, 2.75) is 24.9 Å². The van der Waals surface area contributed by atoms with Crippen molar-refractivity contribution in [1.29, 1.82) is 0 Å². The highest BCUT2D eigenvalue weighted by molar-refractivity contribution is 5.77. The Morgan fingerprint density at radius 3 is 2.14 bits per heavy atom. The fourth-order valence-corrected chi connectivity index (χ4v) is 3.18. The number of aliphatic carboxylic acids is 1. The minimum atomic E-state index is -4.38. The molecule has 0 spiro atoms. The number of hydrogen-bond donors (Lipinski definition) is 1. The predicted molar refractivity (Wildman–Crippen MR) is 102 cm³/mol. The smallest absolute Gasteiger partial charge is 0.416 e. The van der Waals surface area contributed by atoms with Gasteiger partial charge in [0.25, 0.3) is 0 Å². The fraction of sp³-hybridized carbons (Fsp3) is 0.174. The van der Waals surface area contributed by atoms with Crippen LogP contribution in [0.1, 0.15) is 29.0 Å². The molecule has 2 nitrogen and oxygen atoms in total. The molecule has 0 aromatic heterocycles. The Balaban J connectivity index is 1.82. The topological polar surface area (TPSA) is 37.3 Å². The maximum atomic E-state index is 12.7. The summed E-state index contributed by atoms with van der Waals surface area (Å²) in [5.41, 5.74) is 2.30. The zero-order valence-electron chi connectivity index (χ0n) is 15.0. The number of alkyl halides is 3. The van der Waals surface area contributed by atoms with Gasteiger partial charge in [0.05, 0.1) is 11.5 Å². The van der Waals surface area contributed by atoms with Crippen molar-refractivity contribution in [3.63, 3.8) is 0 Å². The standard InChI is InChI=1S/C23H19F3O2/c24-23(25,26)20-12-10-17(11-13-20)18-7-4-8-19(15-18)21(22(27)28)14-9-16-5-2-1-3-6-16/h1-8,10-13,15,21H,9,14H2,(H,27,28). The lowest BCUT2D eigenvalue weighted by molar-refractivity contribution is -0.139. The first-order valence-corrected chi connectivity index (χ1v) is 8.89. The van der Waals surface area contributed by atoms with E-state index in [1.54, 1.807) is 24.3 Å². The van der Waals surface area contributed by atoms with Gasteiger partial charge in [0.1, 0.15) is 0 Å². The molecule has 3 aromatic rings. The molecular weight excluding hydrogens is 365 g/mol. The third kappa shape index (κ3) is 4.80. The van der Waals surface area contributed by atoms with Gasteiger partial charge in [0.15, 0.2) is 0 Å². The summed E-state index contributed by atoms with van der Waals surface area (Å²) in [5, 5.41) is 9.67. The molecule has 3 aromatic carbocycles. The second-order valence-corrected chi connectivity index (χ2v) is 6.62. The highest BCUT2D eigenvalue weighted by Crippen LogP contribution is 2.32. The Hall–Kier alpha value is -3.08. The highest BCUT2D eigenvalue weighted by Gasteiger charge is 2.30. The van der Waals surface area contributed by atoms with Crippen LogP contribution in [0.4, 0.5) is 13.2 Å². The summed E-state index contributed by atoms with van der Waals surface area (Å²) in [6.45, 7) is 0. The van der Waals surface area contributed by atoms with Crippen molar-refractivity contribution in [1.82, 2.24) is 0 Å². The molecule has 0 fully saturated rings. The average Bonchev–Trinajstić information content (AvgIpc) is 2.68. The maximum Gasteiger partial charge on any atom is 0.416 e. The lowest BCUT2D eigenvalue weighted by Crippen LogP contribution is -2.12. The molecule has 0 saturated carbocycles. The number of carboxylic acids is 1. The highest BCUT2D eigenvalue weighted by atomic mass is 19.4. The second kappa shape index (κ2) is 8.30. The summed E-state index contributed by atoms with van der Waals surface area (Å²) in [7, 11) is 0. The van der Waals surface area contributed by atoms with Gasteiger partial charge in [-0.05, 0) is 47.2 Å². The van der Waals surface area contributed by atoms with E-state index in [0.717, 1.165) is 17.7 Å². The first-order chi connectivity index (χ1) is 13.3. The Kier molecular flexibility index (Phi) is 5.83. The molecule has 0 aliphatic carbocycles. The molecule has 5 heteroatoms. The molecule has 0 amide bonds. The van der Waals surface area contributed by atoms with E-state index in [-0.39, 0.29) is 0 Å². The van der Waals surface area contributed by atoms with Crippen molar-refractivity contribution in [2.75, 3.05) is 0 Å². The molecule has 144 valence electrons. The van der Waals surface area contributed by atoms with Gasteiger partial charge in [-0.15, -0.1) is 0 Å². The van der Waals surface area contributed by atoms with Gasteiger partial charge in [-0.2, -0.15) is 13.2 Å². The summed E-state index contributed by atoms with van der Waals surface area (Å²) in [4.78, 5) is 11.8. The van der Waals surface area contributed by atoms with Crippen LogP contribution in [0, 0.1) is 0 Å². The number of rotatable bonds is 6. The van der Waals surface area contributed by atoms with Crippen molar-refractivity contribution in [2.24, 2.45) is 0 Å². The van der Waals surface area contributed by atoms with E-state index < -0.39 is 23.6 Å². The summed E-state index contributed by atoms with van der Waals surface area (Å²) in [6, 6.07) is 21.5. The number of halogens is 3. The van der Waals surface area contributed by atoms with Gasteiger partial charge >= 0.3 is 12.1 Å². The average molecular weight is 384 g/mol. The van der Waals surface area contributed by atoms with Crippen LogP contribution < -0.4 is 0 Å². The van der Waals surface area contributed by atoms with Crippen molar-refractivity contribution >= 4 is 5.97 Å². The molecule has 0 heterocycles. The van der Waals surface area contributed by atoms with Crippen LogP contribution in [0.15, 0.2) is 78.9 Å². The molecule has 0 aliphatic rings. The fourth-order valence-electron chi connectivity index (χ4n) is 3.18. The number of benzene rings is 3. The van der Waals surface area contributed by atoms with Gasteiger partial charge < -0.3 is 5.11 Å². The minimum absolute atomic E-state index is 0.440. The Morgan fingerprint density at radius 1 is 0.857 bits per heavy atom. The maximum absolute atomic E-state index is 12.7. The first kappa shape index (κ1) is 19.7. The third-order valence-corrected chi connectivity index (χ3v) is 4.70. The molecule has 1 unspecified atom stereocenters. The molecule has 28 heavy (non-hydrogen) atoms. The molecular formula is C23H19F3O2. The minimum Gasteiger partial charge on any atom is -0.481 e. The van der Waals surface area contributed by atoms with Crippen molar-refractivity contribution < 1.29 is 23.1 Å². The zero-order chi connectivity index (χ0) is 20.1. The lowest BCUT2D eigenvalue weighted by Gasteiger charge is -2.15. The van der Waals surface area contributed by atoms with E-state index in [0.29, 0.717) is 29.5 Å². The van der Waals surface area contributed by atoms with Crippen molar-refractivity contribution in [3.8, 4) is 11.1 Å². The summed E-state index contributed by atoms with van der Waals surface area (Å²) >= 11 is 0. The number of carboxylic acid groups (broad SMARTS) is 1. The van der Waals surface area contributed by atoms with Crippen LogP contribution in [0.2, 0.25) is 0 Å². The molecule has 1 atom stereocenters. The lowest BCUT2D eigenvalue weighted by atomic mass is 9.90. The van der Waals surface area contributed by atoms with E-state index in [2.05, 4.69) is 0 Å². The predicted octanol–water partition coefficient (Wildman–Crippen LogP) is 6.17. The molecule has 0 saturated heterocycles. The van der Waals surface area contributed by atoms with Crippen LogP contribution in [-0.2, 0) is 17.4 Å². The van der Waals surface area contributed by atoms with E-state index in [4.69, 9.17) is 0 Å². The van der Waals surface area contributed by atoms with Gasteiger partial charge in [0, 0.05) is 0 Å². The van der Waals surface area contributed by atoms with Crippen LogP contribution >= 0.6 is 0 Å². The van der Waals surface area contributed by atoms with Crippen LogP contribution in [0.25, 0.3) is 11.1 Å². The largest absolute Gasteiger partial charge is 0.481 e. The Labute approximate surface area is 161 Å². The molecule has 3 rings (SSSR count). The SMILES string of the molecule is O=C(O)C(CCc1ccccc1)c1cccc(-c2ccc(C(F)(F)F)cc2)c1. The number of aryl methyl sites for hydroxylation is 1. The molecule has 0 bridgehead atoms.